The van der Waals surface area contributed by atoms with Crippen molar-refractivity contribution in [1.29, 1.82) is 0 Å². The molecule has 0 bridgehead atoms. The van der Waals surface area contributed by atoms with Crippen molar-refractivity contribution < 1.29 is 14.4 Å². The standard InChI is InChI=1S/C22H27N5O3S/c1-13-9-15(10-24-18(13)23)25-19(28)20(29)27-11-14(2)26(21(30)22(3)6-7-22)12-16(27)17-5-4-8-31-17/h4-5,8-10,14,16H,6-7,11-12H2,1-3H3,(H2,23,24)(H,25,28)/t14-,16-/m1/s1. The number of nitrogen functional groups attached to an aromatic ring is 1. The van der Waals surface area contributed by atoms with Crippen molar-refractivity contribution in [2.45, 2.75) is 45.7 Å². The molecule has 8 nitrogen and oxygen atoms in total. The largest absolute Gasteiger partial charge is 0.383 e. The molecule has 2 aromatic heterocycles. The first kappa shape index (κ1) is 21.3. The number of piperazine rings is 1. The highest BCUT2D eigenvalue weighted by atomic mass is 32.1. The van der Waals surface area contributed by atoms with Gasteiger partial charge in [-0.1, -0.05) is 13.0 Å². The van der Waals surface area contributed by atoms with Crippen LogP contribution in [0.25, 0.3) is 0 Å². The summed E-state index contributed by atoms with van der Waals surface area (Å²) in [4.78, 5) is 47.4. The third-order valence-corrected chi connectivity index (χ3v) is 7.19. The number of nitrogens with one attached hydrogen (secondary N) is 1. The van der Waals surface area contributed by atoms with Gasteiger partial charge in [0.25, 0.3) is 0 Å². The van der Waals surface area contributed by atoms with Crippen LogP contribution in [0.2, 0.25) is 0 Å². The average molecular weight is 442 g/mol. The van der Waals surface area contributed by atoms with E-state index in [-0.39, 0.29) is 23.4 Å². The molecule has 4 rings (SSSR count). The number of nitrogens with zero attached hydrogens (tertiary/aromatic N) is 3. The van der Waals surface area contributed by atoms with Gasteiger partial charge in [-0.15, -0.1) is 11.3 Å². The Balaban J connectivity index is 1.55. The molecular weight excluding hydrogens is 414 g/mol. The lowest BCUT2D eigenvalue weighted by molar-refractivity contribution is -0.153. The van der Waals surface area contributed by atoms with Gasteiger partial charge >= 0.3 is 11.8 Å². The highest BCUT2D eigenvalue weighted by molar-refractivity contribution is 7.10. The summed E-state index contributed by atoms with van der Waals surface area (Å²) in [5, 5.41) is 4.57. The third-order valence-electron chi connectivity index (χ3n) is 6.22. The summed E-state index contributed by atoms with van der Waals surface area (Å²) in [6.07, 6.45) is 3.23. The van der Waals surface area contributed by atoms with Crippen molar-refractivity contribution in [2.24, 2.45) is 5.41 Å². The number of pyridine rings is 1. The molecule has 2 aromatic rings. The molecule has 1 saturated carbocycles. The van der Waals surface area contributed by atoms with Crippen LogP contribution in [0.5, 0.6) is 0 Å². The lowest BCUT2D eigenvalue weighted by Crippen LogP contribution is -2.59. The van der Waals surface area contributed by atoms with Crippen LogP contribution >= 0.6 is 11.3 Å². The van der Waals surface area contributed by atoms with Crippen molar-refractivity contribution in [3.63, 3.8) is 0 Å². The molecule has 2 atom stereocenters. The maximum atomic E-state index is 13.2. The summed E-state index contributed by atoms with van der Waals surface area (Å²) >= 11 is 1.52. The van der Waals surface area contributed by atoms with Gasteiger partial charge < -0.3 is 20.9 Å². The number of thiophene rings is 1. The Kier molecular flexibility index (Phi) is 5.47. The van der Waals surface area contributed by atoms with Crippen LogP contribution in [0.15, 0.2) is 29.8 Å². The van der Waals surface area contributed by atoms with Gasteiger partial charge in [-0.05, 0) is 49.8 Å². The van der Waals surface area contributed by atoms with Gasteiger partial charge in [0.05, 0.1) is 17.9 Å². The highest BCUT2D eigenvalue weighted by Crippen LogP contribution is 2.47. The molecular formula is C22H27N5O3S. The summed E-state index contributed by atoms with van der Waals surface area (Å²) in [5.41, 5.74) is 6.58. The molecule has 0 aromatic carbocycles. The number of nitrogens with two attached hydrogens (primary N) is 1. The molecule has 164 valence electrons. The number of hydrogen-bond acceptors (Lipinski definition) is 6. The molecule has 1 aliphatic carbocycles. The summed E-state index contributed by atoms with van der Waals surface area (Å²) in [7, 11) is 0. The second kappa shape index (κ2) is 7.96. The van der Waals surface area contributed by atoms with Crippen molar-refractivity contribution in [2.75, 3.05) is 24.1 Å². The van der Waals surface area contributed by atoms with E-state index in [9.17, 15) is 14.4 Å². The van der Waals surface area contributed by atoms with Crippen LogP contribution in [0.1, 0.15) is 43.2 Å². The van der Waals surface area contributed by atoms with Gasteiger partial charge in [0, 0.05) is 29.4 Å². The van der Waals surface area contributed by atoms with Crippen LogP contribution in [0, 0.1) is 12.3 Å². The number of anilines is 2. The van der Waals surface area contributed by atoms with E-state index in [1.54, 1.807) is 17.9 Å². The van der Waals surface area contributed by atoms with E-state index in [1.807, 2.05) is 36.3 Å². The van der Waals surface area contributed by atoms with E-state index in [0.29, 0.717) is 24.6 Å². The Morgan fingerprint density at radius 2 is 2.00 bits per heavy atom. The number of aromatic nitrogens is 1. The minimum atomic E-state index is -0.728. The third kappa shape index (κ3) is 4.14. The van der Waals surface area contributed by atoms with Gasteiger partial charge in [-0.2, -0.15) is 0 Å². The fraction of sp³-hybridized carbons (Fsp3) is 0.455. The molecule has 2 aliphatic rings. The SMILES string of the molecule is Cc1cc(NC(=O)C(=O)N2C[C@@H](C)N(C(=O)C3(C)CC3)C[C@@H]2c2cccs2)cnc1N. The number of aryl methyl sites for hydroxylation is 1. The van der Waals surface area contributed by atoms with E-state index < -0.39 is 11.8 Å². The maximum absolute atomic E-state index is 13.2. The van der Waals surface area contributed by atoms with E-state index in [1.165, 1.54) is 17.5 Å². The molecule has 31 heavy (non-hydrogen) atoms. The predicted octanol–water partition coefficient (Wildman–Crippen LogP) is 2.57. The molecule has 0 unspecified atom stereocenters. The predicted molar refractivity (Wildman–Crippen MR) is 119 cm³/mol. The summed E-state index contributed by atoms with van der Waals surface area (Å²) in [6.45, 7) is 6.40. The van der Waals surface area contributed by atoms with Crippen LogP contribution in [0.4, 0.5) is 11.5 Å². The van der Waals surface area contributed by atoms with Gasteiger partial charge in [-0.25, -0.2) is 4.98 Å². The quantitative estimate of drug-likeness (QED) is 0.712. The molecule has 0 radical (unpaired) electrons. The normalized spacial score (nSPS) is 22.2. The zero-order valence-electron chi connectivity index (χ0n) is 17.9. The topological polar surface area (TPSA) is 109 Å². The Morgan fingerprint density at radius 1 is 1.26 bits per heavy atom. The van der Waals surface area contributed by atoms with Gasteiger partial charge in [0.2, 0.25) is 5.91 Å². The van der Waals surface area contributed by atoms with Crippen molar-refractivity contribution in [3.8, 4) is 0 Å². The van der Waals surface area contributed by atoms with Crippen LogP contribution < -0.4 is 11.1 Å². The minimum absolute atomic E-state index is 0.140. The molecule has 1 aliphatic heterocycles. The Labute approximate surface area is 185 Å². The molecule has 3 heterocycles. The van der Waals surface area contributed by atoms with Gasteiger partial charge in [-0.3, -0.25) is 14.4 Å². The molecule has 1 saturated heterocycles. The number of carbonyl (C=O) groups is 3. The van der Waals surface area contributed by atoms with Gasteiger partial charge in [0.1, 0.15) is 5.82 Å². The van der Waals surface area contributed by atoms with Crippen molar-refractivity contribution in [3.05, 3.63) is 40.2 Å². The molecule has 3 N–H and O–H groups in total. The number of carbonyl (C=O) groups excluding carboxylic acids is 3. The second-order valence-electron chi connectivity index (χ2n) is 8.74. The summed E-state index contributed by atoms with van der Waals surface area (Å²) < 4.78 is 0. The van der Waals surface area contributed by atoms with Crippen LogP contribution in [-0.2, 0) is 14.4 Å². The monoisotopic (exact) mass is 441 g/mol. The smallest absolute Gasteiger partial charge is 0.313 e. The second-order valence-corrected chi connectivity index (χ2v) is 9.72. The summed E-state index contributed by atoms with van der Waals surface area (Å²) in [6, 6.07) is 5.01. The van der Waals surface area contributed by atoms with Crippen molar-refractivity contribution in [1.82, 2.24) is 14.8 Å². The fourth-order valence-electron chi connectivity index (χ4n) is 3.92. The Morgan fingerprint density at radius 3 is 2.61 bits per heavy atom. The lowest BCUT2D eigenvalue weighted by Gasteiger charge is -2.45. The molecule has 9 heteroatoms. The number of rotatable bonds is 3. The highest BCUT2D eigenvalue weighted by Gasteiger charge is 2.50. The fourth-order valence-corrected chi connectivity index (χ4v) is 4.75. The first-order valence-corrected chi connectivity index (χ1v) is 11.3. The maximum Gasteiger partial charge on any atom is 0.313 e. The Bertz CT molecular complexity index is 1020. The van der Waals surface area contributed by atoms with E-state index >= 15 is 0 Å². The van der Waals surface area contributed by atoms with Gasteiger partial charge in [0.15, 0.2) is 0 Å². The zero-order chi connectivity index (χ0) is 22.3. The van der Waals surface area contributed by atoms with Crippen LogP contribution in [-0.4, -0.2) is 51.6 Å². The van der Waals surface area contributed by atoms with E-state index in [4.69, 9.17) is 5.73 Å². The van der Waals surface area contributed by atoms with Crippen LogP contribution in [0.3, 0.4) is 0 Å². The first-order valence-electron chi connectivity index (χ1n) is 10.4. The number of hydrogen-bond donors (Lipinski definition) is 2. The number of amides is 3. The molecule has 2 fully saturated rings. The van der Waals surface area contributed by atoms with Crippen molar-refractivity contribution >= 4 is 40.6 Å². The molecule has 3 amide bonds. The van der Waals surface area contributed by atoms with E-state index in [0.717, 1.165) is 23.3 Å². The molecule has 0 spiro atoms. The lowest BCUT2D eigenvalue weighted by atomic mass is 10.0. The summed E-state index contributed by atoms with van der Waals surface area (Å²) in [5.74, 6) is -0.833. The first-order chi connectivity index (χ1) is 14.7. The van der Waals surface area contributed by atoms with E-state index in [2.05, 4.69) is 10.3 Å². The Hall–Kier alpha value is -2.94. The zero-order valence-corrected chi connectivity index (χ0v) is 18.7. The average Bonchev–Trinajstić information content (AvgIpc) is 3.26. The minimum Gasteiger partial charge on any atom is -0.383 e.